The summed E-state index contributed by atoms with van der Waals surface area (Å²) in [7, 11) is 3.10. The second-order valence-electron chi connectivity index (χ2n) is 5.48. The van der Waals surface area contributed by atoms with Crippen LogP contribution in [0.15, 0.2) is 30.3 Å². The number of carbonyl (C=O) groups excluding carboxylic acids is 1. The summed E-state index contributed by atoms with van der Waals surface area (Å²) in [5, 5.41) is 1.16. The number of rotatable bonds is 3. The molecule has 0 atom stereocenters. The highest BCUT2D eigenvalue weighted by molar-refractivity contribution is 6.32. The highest BCUT2D eigenvalue weighted by Crippen LogP contribution is 2.41. The molecule has 1 amide bonds. The van der Waals surface area contributed by atoms with Crippen LogP contribution in [0.2, 0.25) is 10.0 Å². The van der Waals surface area contributed by atoms with Crippen molar-refractivity contribution in [3.05, 3.63) is 51.5 Å². The van der Waals surface area contributed by atoms with Crippen LogP contribution >= 0.6 is 23.2 Å². The van der Waals surface area contributed by atoms with Gasteiger partial charge in [0, 0.05) is 16.6 Å². The maximum absolute atomic E-state index is 13.1. The monoisotopic (exact) mass is 365 g/mol. The fraction of sp³-hybridized carbons (Fsp3) is 0.278. The molecule has 0 bridgehead atoms. The van der Waals surface area contributed by atoms with Crippen molar-refractivity contribution in [1.82, 2.24) is 0 Å². The van der Waals surface area contributed by atoms with E-state index in [4.69, 9.17) is 32.7 Å². The molecule has 2 aromatic rings. The minimum atomic E-state index is -0.162. The number of carbonyl (C=O) groups is 1. The number of benzene rings is 2. The molecule has 3 rings (SSSR count). The average molecular weight is 366 g/mol. The van der Waals surface area contributed by atoms with Gasteiger partial charge in [0.05, 0.1) is 25.5 Å². The predicted molar refractivity (Wildman–Crippen MR) is 96.0 cm³/mol. The number of halogens is 2. The number of hydrogen-bond acceptors (Lipinski definition) is 3. The van der Waals surface area contributed by atoms with Gasteiger partial charge in [0.15, 0.2) is 0 Å². The summed E-state index contributed by atoms with van der Waals surface area (Å²) in [4.78, 5) is 14.8. The Morgan fingerprint density at radius 1 is 1.08 bits per heavy atom. The van der Waals surface area contributed by atoms with E-state index in [0.29, 0.717) is 33.7 Å². The molecule has 0 aromatic heterocycles. The lowest BCUT2D eigenvalue weighted by Crippen LogP contribution is -2.36. The first kappa shape index (κ1) is 16.9. The van der Waals surface area contributed by atoms with Crippen molar-refractivity contribution in [1.29, 1.82) is 0 Å². The van der Waals surface area contributed by atoms with E-state index in [1.54, 1.807) is 42.3 Å². The van der Waals surface area contributed by atoms with E-state index < -0.39 is 0 Å². The smallest absolute Gasteiger partial charge is 0.262 e. The number of ether oxygens (including phenoxy) is 2. The Bertz CT molecular complexity index is 792. The van der Waals surface area contributed by atoms with Crippen molar-refractivity contribution in [3.63, 3.8) is 0 Å². The van der Waals surface area contributed by atoms with Crippen LogP contribution < -0.4 is 14.4 Å². The maximum atomic E-state index is 13.1. The standard InChI is InChI=1S/C18H17Cl2NO3/c1-23-15-8-7-14(20)12-4-3-9-21(17(12)15)18(22)13-6-5-11(19)10-16(13)24-2/h5-8,10H,3-4,9H2,1-2H3. The van der Waals surface area contributed by atoms with Crippen molar-refractivity contribution in [2.24, 2.45) is 0 Å². The Balaban J connectivity index is 2.10. The SMILES string of the molecule is COc1cc(Cl)ccc1C(=O)N1CCCc2c(Cl)ccc(OC)c21. The van der Waals surface area contributed by atoms with E-state index in [9.17, 15) is 4.79 Å². The molecule has 6 heteroatoms. The molecule has 0 fully saturated rings. The molecular weight excluding hydrogens is 349 g/mol. The Labute approximate surface area is 150 Å². The number of amides is 1. The van der Waals surface area contributed by atoms with Crippen LogP contribution in [0.1, 0.15) is 22.3 Å². The third-order valence-electron chi connectivity index (χ3n) is 4.13. The molecule has 1 aliphatic rings. The Hall–Kier alpha value is -1.91. The lowest BCUT2D eigenvalue weighted by atomic mass is 9.99. The molecule has 0 unspecified atom stereocenters. The molecule has 0 aliphatic carbocycles. The number of hydrogen-bond donors (Lipinski definition) is 0. The largest absolute Gasteiger partial charge is 0.496 e. The topological polar surface area (TPSA) is 38.8 Å². The molecule has 1 aliphatic heterocycles. The first-order valence-corrected chi connectivity index (χ1v) is 8.33. The van der Waals surface area contributed by atoms with Crippen LogP contribution in [0.4, 0.5) is 5.69 Å². The molecule has 4 nitrogen and oxygen atoms in total. The van der Waals surface area contributed by atoms with E-state index in [0.717, 1.165) is 24.1 Å². The third kappa shape index (κ3) is 2.92. The van der Waals surface area contributed by atoms with Gasteiger partial charge in [-0.3, -0.25) is 4.79 Å². The first-order valence-electron chi connectivity index (χ1n) is 7.57. The van der Waals surface area contributed by atoms with Gasteiger partial charge in [-0.05, 0) is 48.7 Å². The van der Waals surface area contributed by atoms with Crippen molar-refractivity contribution in [2.75, 3.05) is 25.7 Å². The first-order chi connectivity index (χ1) is 11.6. The minimum absolute atomic E-state index is 0.162. The average Bonchev–Trinajstić information content (AvgIpc) is 2.61. The zero-order valence-electron chi connectivity index (χ0n) is 13.4. The van der Waals surface area contributed by atoms with Gasteiger partial charge in [0.1, 0.15) is 11.5 Å². The van der Waals surface area contributed by atoms with Gasteiger partial charge >= 0.3 is 0 Å². The third-order valence-corrected chi connectivity index (χ3v) is 4.72. The number of nitrogens with zero attached hydrogens (tertiary/aromatic N) is 1. The Morgan fingerprint density at radius 2 is 1.83 bits per heavy atom. The van der Waals surface area contributed by atoms with Gasteiger partial charge in [-0.1, -0.05) is 23.2 Å². The fourth-order valence-electron chi connectivity index (χ4n) is 3.00. The number of methoxy groups -OCH3 is 2. The van der Waals surface area contributed by atoms with Gasteiger partial charge in [-0.2, -0.15) is 0 Å². The summed E-state index contributed by atoms with van der Waals surface area (Å²) in [6.45, 7) is 0.592. The summed E-state index contributed by atoms with van der Waals surface area (Å²) in [6, 6.07) is 8.57. The van der Waals surface area contributed by atoms with Gasteiger partial charge in [0.2, 0.25) is 0 Å². The predicted octanol–water partition coefficient (Wildman–Crippen LogP) is 4.60. The van der Waals surface area contributed by atoms with Crippen LogP contribution in [0.5, 0.6) is 11.5 Å². The molecule has 0 spiro atoms. The number of anilines is 1. The maximum Gasteiger partial charge on any atom is 0.262 e. The summed E-state index contributed by atoms with van der Waals surface area (Å²) in [5.74, 6) is 0.918. The summed E-state index contributed by atoms with van der Waals surface area (Å²) in [5.41, 5.74) is 2.12. The van der Waals surface area contributed by atoms with Crippen molar-refractivity contribution >= 4 is 34.8 Å². The summed E-state index contributed by atoms with van der Waals surface area (Å²) >= 11 is 12.3. The summed E-state index contributed by atoms with van der Waals surface area (Å²) in [6.07, 6.45) is 1.65. The quantitative estimate of drug-likeness (QED) is 0.797. The highest BCUT2D eigenvalue weighted by atomic mass is 35.5. The second kappa shape index (κ2) is 6.91. The van der Waals surface area contributed by atoms with E-state index in [2.05, 4.69) is 0 Å². The van der Waals surface area contributed by atoms with Crippen molar-refractivity contribution in [3.8, 4) is 11.5 Å². The molecule has 2 aromatic carbocycles. The van der Waals surface area contributed by atoms with E-state index in [1.165, 1.54) is 7.11 Å². The lowest BCUT2D eigenvalue weighted by Gasteiger charge is -2.32. The van der Waals surface area contributed by atoms with Crippen molar-refractivity contribution < 1.29 is 14.3 Å². The van der Waals surface area contributed by atoms with E-state index >= 15 is 0 Å². The van der Waals surface area contributed by atoms with Crippen LogP contribution in [-0.2, 0) is 6.42 Å². The van der Waals surface area contributed by atoms with Crippen molar-refractivity contribution in [2.45, 2.75) is 12.8 Å². The molecule has 0 saturated heterocycles. The van der Waals surface area contributed by atoms with E-state index in [-0.39, 0.29) is 5.91 Å². The lowest BCUT2D eigenvalue weighted by molar-refractivity contribution is 0.0981. The van der Waals surface area contributed by atoms with Crippen LogP contribution in [0, 0.1) is 0 Å². The summed E-state index contributed by atoms with van der Waals surface area (Å²) < 4.78 is 10.8. The number of fused-ring (bicyclic) bond motifs is 1. The zero-order chi connectivity index (χ0) is 17.3. The van der Waals surface area contributed by atoms with Gasteiger partial charge < -0.3 is 14.4 Å². The van der Waals surface area contributed by atoms with E-state index in [1.807, 2.05) is 0 Å². The Morgan fingerprint density at radius 3 is 2.54 bits per heavy atom. The zero-order valence-corrected chi connectivity index (χ0v) is 14.9. The van der Waals surface area contributed by atoms with Crippen LogP contribution in [0.3, 0.4) is 0 Å². The van der Waals surface area contributed by atoms with Gasteiger partial charge in [0.25, 0.3) is 5.91 Å². The molecular formula is C18H17Cl2NO3. The van der Waals surface area contributed by atoms with Gasteiger partial charge in [-0.25, -0.2) is 0 Å². The van der Waals surface area contributed by atoms with Crippen LogP contribution in [-0.4, -0.2) is 26.7 Å². The fourth-order valence-corrected chi connectivity index (χ4v) is 3.41. The molecule has 126 valence electrons. The normalized spacial score (nSPS) is 13.4. The van der Waals surface area contributed by atoms with Gasteiger partial charge in [-0.15, -0.1) is 0 Å². The molecule has 1 heterocycles. The second-order valence-corrected chi connectivity index (χ2v) is 6.33. The molecule has 24 heavy (non-hydrogen) atoms. The Kier molecular flexibility index (Phi) is 4.88. The molecule has 0 saturated carbocycles. The highest BCUT2D eigenvalue weighted by Gasteiger charge is 2.29. The molecule has 0 N–H and O–H groups in total. The van der Waals surface area contributed by atoms with Crippen LogP contribution in [0.25, 0.3) is 0 Å². The minimum Gasteiger partial charge on any atom is -0.496 e. The molecule has 0 radical (unpaired) electrons.